The number of pyridine rings is 1. The molecule has 1 aromatic carbocycles. The summed E-state index contributed by atoms with van der Waals surface area (Å²) in [4.78, 5) is 8.54. The van der Waals surface area contributed by atoms with Gasteiger partial charge in [0.05, 0.1) is 12.8 Å². The van der Waals surface area contributed by atoms with Crippen LogP contribution < -0.4 is 10.5 Å². The van der Waals surface area contributed by atoms with E-state index in [9.17, 15) is 0 Å². The van der Waals surface area contributed by atoms with Crippen LogP contribution in [0.4, 0.5) is 5.69 Å². The van der Waals surface area contributed by atoms with Gasteiger partial charge in [-0.15, -0.1) is 0 Å². The van der Waals surface area contributed by atoms with Crippen molar-refractivity contribution >= 4 is 11.9 Å². The molecule has 0 fully saturated rings. The van der Waals surface area contributed by atoms with Crippen LogP contribution in [0.2, 0.25) is 0 Å². The number of methoxy groups -OCH3 is 1. The fourth-order valence-corrected chi connectivity index (χ4v) is 1.68. The first-order chi connectivity index (χ1) is 9.69. The first-order valence-corrected chi connectivity index (χ1v) is 6.26. The maximum Gasteiger partial charge on any atom is 0.212 e. The third kappa shape index (κ3) is 3.68. The highest BCUT2D eigenvalue weighted by Gasteiger charge is 2.00. The third-order valence-electron chi connectivity index (χ3n) is 2.69. The van der Waals surface area contributed by atoms with Gasteiger partial charge in [-0.25, -0.2) is 4.98 Å². The molecule has 0 radical (unpaired) electrons. The molecule has 1 aromatic heterocycles. The van der Waals surface area contributed by atoms with Crippen LogP contribution in [0.1, 0.15) is 6.92 Å². The van der Waals surface area contributed by atoms with Crippen LogP contribution in [0.3, 0.4) is 0 Å². The maximum absolute atomic E-state index is 5.55. The molecule has 20 heavy (non-hydrogen) atoms. The van der Waals surface area contributed by atoms with E-state index in [0.717, 1.165) is 22.5 Å². The van der Waals surface area contributed by atoms with Crippen molar-refractivity contribution in [3.8, 4) is 17.0 Å². The number of benzene rings is 1. The number of hydrogen-bond donors (Lipinski definition) is 1. The number of nitrogens with two attached hydrogens (primary N) is 1. The standard InChI is InChI=1S/C16H17N3O/c1-12(17)8-9-18-15-5-3-4-13(10-15)14-6-7-16(20-2)19-11-14/h3-11H,17H2,1-2H3. The van der Waals surface area contributed by atoms with E-state index in [-0.39, 0.29) is 0 Å². The molecule has 0 bridgehead atoms. The summed E-state index contributed by atoms with van der Waals surface area (Å²) in [5.74, 6) is 0.603. The van der Waals surface area contributed by atoms with Crippen LogP contribution in [-0.2, 0) is 0 Å². The monoisotopic (exact) mass is 267 g/mol. The zero-order chi connectivity index (χ0) is 14.4. The summed E-state index contributed by atoms with van der Waals surface area (Å²) in [6.45, 7) is 1.82. The number of allylic oxidation sites excluding steroid dienone is 2. The van der Waals surface area contributed by atoms with Crippen LogP contribution in [0.5, 0.6) is 5.88 Å². The average molecular weight is 267 g/mol. The minimum absolute atomic E-state index is 0.603. The van der Waals surface area contributed by atoms with Crippen molar-refractivity contribution in [3.63, 3.8) is 0 Å². The molecule has 0 aliphatic rings. The lowest BCUT2D eigenvalue weighted by Crippen LogP contribution is -1.89. The summed E-state index contributed by atoms with van der Waals surface area (Å²) in [7, 11) is 1.60. The van der Waals surface area contributed by atoms with E-state index >= 15 is 0 Å². The summed E-state index contributed by atoms with van der Waals surface area (Å²) in [5, 5.41) is 0. The van der Waals surface area contributed by atoms with Crippen LogP contribution in [0.15, 0.2) is 59.4 Å². The Labute approximate surface area is 118 Å². The molecular weight excluding hydrogens is 250 g/mol. The van der Waals surface area contributed by atoms with E-state index < -0.39 is 0 Å². The van der Waals surface area contributed by atoms with Gasteiger partial charge in [-0.2, -0.15) is 0 Å². The lowest BCUT2D eigenvalue weighted by Gasteiger charge is -2.03. The van der Waals surface area contributed by atoms with Gasteiger partial charge in [-0.3, -0.25) is 4.99 Å². The van der Waals surface area contributed by atoms with Gasteiger partial charge < -0.3 is 10.5 Å². The van der Waals surface area contributed by atoms with E-state index in [1.165, 1.54) is 0 Å². The van der Waals surface area contributed by atoms with Crippen LogP contribution in [0.25, 0.3) is 11.1 Å². The summed E-state index contributed by atoms with van der Waals surface area (Å²) < 4.78 is 5.05. The normalized spacial score (nSPS) is 11.8. The largest absolute Gasteiger partial charge is 0.481 e. The van der Waals surface area contributed by atoms with E-state index in [0.29, 0.717) is 5.88 Å². The van der Waals surface area contributed by atoms with Gasteiger partial charge in [0.25, 0.3) is 0 Å². The molecule has 2 N–H and O–H groups in total. The molecule has 0 saturated heterocycles. The smallest absolute Gasteiger partial charge is 0.212 e. The average Bonchev–Trinajstić information content (AvgIpc) is 2.47. The predicted molar refractivity (Wildman–Crippen MR) is 82.3 cm³/mol. The highest BCUT2D eigenvalue weighted by Crippen LogP contribution is 2.24. The van der Waals surface area contributed by atoms with Gasteiger partial charge in [-0.1, -0.05) is 12.1 Å². The molecule has 0 atom stereocenters. The number of nitrogens with zero attached hydrogens (tertiary/aromatic N) is 2. The fraction of sp³-hybridized carbons (Fsp3) is 0.125. The molecule has 0 aliphatic heterocycles. The molecule has 0 saturated carbocycles. The number of ether oxygens (including phenoxy) is 1. The lowest BCUT2D eigenvalue weighted by atomic mass is 10.1. The van der Waals surface area contributed by atoms with Gasteiger partial charge in [-0.05, 0) is 36.8 Å². The maximum atomic E-state index is 5.55. The second-order valence-electron chi connectivity index (χ2n) is 4.33. The Morgan fingerprint density at radius 3 is 2.75 bits per heavy atom. The quantitative estimate of drug-likeness (QED) is 0.864. The topological polar surface area (TPSA) is 60.5 Å². The third-order valence-corrected chi connectivity index (χ3v) is 2.69. The number of aliphatic imine (C=N–C) groups is 1. The van der Waals surface area contributed by atoms with Crippen molar-refractivity contribution in [1.82, 2.24) is 4.98 Å². The Bertz CT molecular complexity index is 626. The molecule has 4 heteroatoms. The van der Waals surface area contributed by atoms with Crippen LogP contribution >= 0.6 is 0 Å². The van der Waals surface area contributed by atoms with E-state index in [4.69, 9.17) is 10.5 Å². The Morgan fingerprint density at radius 1 is 1.25 bits per heavy atom. The first-order valence-electron chi connectivity index (χ1n) is 6.26. The summed E-state index contributed by atoms with van der Waals surface area (Å²) in [6.07, 6.45) is 5.24. The summed E-state index contributed by atoms with van der Waals surface area (Å²) >= 11 is 0. The van der Waals surface area contributed by atoms with Gasteiger partial charge in [0.1, 0.15) is 0 Å². The van der Waals surface area contributed by atoms with Crippen LogP contribution in [-0.4, -0.2) is 18.3 Å². The minimum Gasteiger partial charge on any atom is -0.481 e. The summed E-state index contributed by atoms with van der Waals surface area (Å²) in [6, 6.07) is 11.7. The minimum atomic E-state index is 0.603. The molecule has 102 valence electrons. The van der Waals surface area contributed by atoms with E-state index in [1.807, 2.05) is 43.3 Å². The Kier molecular flexibility index (Phi) is 4.50. The Morgan fingerprint density at radius 2 is 2.10 bits per heavy atom. The van der Waals surface area contributed by atoms with Crippen molar-refractivity contribution in [2.24, 2.45) is 10.7 Å². The van der Waals surface area contributed by atoms with Gasteiger partial charge >= 0.3 is 0 Å². The highest BCUT2D eigenvalue weighted by atomic mass is 16.5. The van der Waals surface area contributed by atoms with E-state index in [1.54, 1.807) is 25.6 Å². The SMILES string of the molecule is COc1ccc(-c2cccc(N=CC=C(C)N)c2)cn1. The van der Waals surface area contributed by atoms with Gasteiger partial charge in [0.15, 0.2) is 0 Å². The van der Waals surface area contributed by atoms with Gasteiger partial charge in [0.2, 0.25) is 5.88 Å². The van der Waals surface area contributed by atoms with Crippen molar-refractivity contribution in [2.45, 2.75) is 6.92 Å². The van der Waals surface area contributed by atoms with Crippen molar-refractivity contribution in [3.05, 3.63) is 54.4 Å². The zero-order valence-corrected chi connectivity index (χ0v) is 11.6. The summed E-state index contributed by atoms with van der Waals surface area (Å²) in [5.41, 5.74) is 9.23. The fourth-order valence-electron chi connectivity index (χ4n) is 1.68. The number of aromatic nitrogens is 1. The second kappa shape index (κ2) is 6.52. The number of hydrogen-bond acceptors (Lipinski definition) is 4. The van der Waals surface area contributed by atoms with Crippen molar-refractivity contribution in [1.29, 1.82) is 0 Å². The van der Waals surface area contributed by atoms with Crippen LogP contribution in [0, 0.1) is 0 Å². The van der Waals surface area contributed by atoms with E-state index in [2.05, 4.69) is 9.98 Å². The number of rotatable bonds is 4. The zero-order valence-electron chi connectivity index (χ0n) is 11.6. The molecular formula is C16H17N3O. The Hall–Kier alpha value is -2.62. The molecule has 0 aliphatic carbocycles. The molecule has 2 rings (SSSR count). The second-order valence-corrected chi connectivity index (χ2v) is 4.33. The van der Waals surface area contributed by atoms with Crippen molar-refractivity contribution < 1.29 is 4.74 Å². The molecule has 0 amide bonds. The molecule has 4 nitrogen and oxygen atoms in total. The highest BCUT2D eigenvalue weighted by molar-refractivity contribution is 5.76. The molecule has 2 aromatic rings. The predicted octanol–water partition coefficient (Wildman–Crippen LogP) is 3.32. The van der Waals surface area contributed by atoms with Crippen molar-refractivity contribution in [2.75, 3.05) is 7.11 Å². The lowest BCUT2D eigenvalue weighted by molar-refractivity contribution is 0.398. The first kappa shape index (κ1) is 13.8. The molecule has 1 heterocycles. The van der Waals surface area contributed by atoms with Gasteiger partial charge in [0, 0.05) is 29.7 Å². The Balaban J connectivity index is 2.24. The molecule has 0 spiro atoms. The molecule has 0 unspecified atom stereocenters.